The van der Waals surface area contributed by atoms with Crippen LogP contribution < -0.4 is 10.1 Å². The summed E-state index contributed by atoms with van der Waals surface area (Å²) in [5, 5.41) is 2.64. The zero-order valence-electron chi connectivity index (χ0n) is 11.6. The molecule has 0 bridgehead atoms. The van der Waals surface area contributed by atoms with E-state index in [4.69, 9.17) is 4.74 Å². The minimum atomic E-state index is -1.05. The molecule has 1 amide bonds. The second-order valence-electron chi connectivity index (χ2n) is 4.65. The molecule has 0 radical (unpaired) electrons. The van der Waals surface area contributed by atoms with Crippen molar-refractivity contribution in [3.63, 3.8) is 0 Å². The lowest BCUT2D eigenvalue weighted by molar-refractivity contribution is -0.149. The van der Waals surface area contributed by atoms with Crippen LogP contribution in [0.15, 0.2) is 24.3 Å². The van der Waals surface area contributed by atoms with Crippen LogP contribution in [-0.4, -0.2) is 31.6 Å². The van der Waals surface area contributed by atoms with Crippen LogP contribution in [0.2, 0.25) is 0 Å². The van der Waals surface area contributed by atoms with Crippen molar-refractivity contribution in [2.24, 2.45) is 0 Å². The first kappa shape index (κ1) is 15.0. The van der Waals surface area contributed by atoms with Gasteiger partial charge in [0.1, 0.15) is 11.3 Å². The lowest BCUT2D eigenvalue weighted by Gasteiger charge is -2.23. The molecule has 0 saturated carbocycles. The zero-order chi connectivity index (χ0) is 14.5. The quantitative estimate of drug-likeness (QED) is 0.815. The van der Waals surface area contributed by atoms with Gasteiger partial charge in [-0.05, 0) is 19.9 Å². The Labute approximate surface area is 112 Å². The molecule has 0 heterocycles. The maximum Gasteiger partial charge on any atom is 0.330 e. The molecule has 1 aromatic carbocycles. The highest BCUT2D eigenvalue weighted by Crippen LogP contribution is 2.18. The second kappa shape index (κ2) is 6.22. The minimum Gasteiger partial charge on any atom is -0.496 e. The summed E-state index contributed by atoms with van der Waals surface area (Å²) < 4.78 is 9.81. The van der Waals surface area contributed by atoms with Crippen molar-refractivity contribution >= 4 is 11.9 Å². The first-order valence-corrected chi connectivity index (χ1v) is 5.92. The van der Waals surface area contributed by atoms with Gasteiger partial charge in [-0.15, -0.1) is 0 Å². The van der Waals surface area contributed by atoms with E-state index in [1.807, 2.05) is 18.2 Å². The van der Waals surface area contributed by atoms with Crippen molar-refractivity contribution in [3.05, 3.63) is 29.8 Å². The molecule has 0 unspecified atom stereocenters. The van der Waals surface area contributed by atoms with Crippen molar-refractivity contribution in [1.29, 1.82) is 0 Å². The Hall–Kier alpha value is -2.04. The summed E-state index contributed by atoms with van der Waals surface area (Å²) in [4.78, 5) is 23.4. The van der Waals surface area contributed by atoms with Gasteiger partial charge in [0.2, 0.25) is 5.91 Å². The van der Waals surface area contributed by atoms with Gasteiger partial charge >= 0.3 is 5.97 Å². The maximum atomic E-state index is 11.9. The van der Waals surface area contributed by atoms with E-state index in [2.05, 4.69) is 10.1 Å². The molecular weight excluding hydrogens is 246 g/mol. The number of ether oxygens (including phenoxy) is 2. The molecule has 19 heavy (non-hydrogen) atoms. The Morgan fingerprint density at radius 3 is 2.42 bits per heavy atom. The fraction of sp³-hybridized carbons (Fsp3) is 0.429. The fourth-order valence-corrected chi connectivity index (χ4v) is 1.72. The molecule has 0 aromatic heterocycles. The van der Waals surface area contributed by atoms with Crippen molar-refractivity contribution in [2.45, 2.75) is 25.8 Å². The number of hydrogen-bond donors (Lipinski definition) is 1. The van der Waals surface area contributed by atoms with Crippen LogP contribution in [0.3, 0.4) is 0 Å². The van der Waals surface area contributed by atoms with E-state index in [1.54, 1.807) is 27.0 Å². The fourth-order valence-electron chi connectivity index (χ4n) is 1.72. The molecule has 0 aliphatic carbocycles. The Morgan fingerprint density at radius 1 is 1.21 bits per heavy atom. The van der Waals surface area contributed by atoms with Gasteiger partial charge in [-0.3, -0.25) is 4.79 Å². The predicted octanol–water partition coefficient (Wildman–Crippen LogP) is 1.31. The standard InChI is InChI=1S/C14H19NO4/c1-14(2,13(17)19-4)15-12(16)9-10-7-5-6-8-11(10)18-3/h5-8H,9H2,1-4H3,(H,15,16). The molecule has 5 nitrogen and oxygen atoms in total. The summed E-state index contributed by atoms with van der Waals surface area (Å²) >= 11 is 0. The van der Waals surface area contributed by atoms with E-state index in [0.717, 1.165) is 5.56 Å². The monoisotopic (exact) mass is 265 g/mol. The summed E-state index contributed by atoms with van der Waals surface area (Å²) in [5.74, 6) is -0.102. The van der Waals surface area contributed by atoms with Crippen molar-refractivity contribution in [1.82, 2.24) is 5.32 Å². The number of methoxy groups -OCH3 is 2. The molecule has 5 heteroatoms. The van der Waals surface area contributed by atoms with Gasteiger partial charge < -0.3 is 14.8 Å². The highest BCUT2D eigenvalue weighted by molar-refractivity contribution is 5.88. The number of carbonyl (C=O) groups excluding carboxylic acids is 2. The maximum absolute atomic E-state index is 11.9. The average Bonchev–Trinajstić information content (AvgIpc) is 2.37. The third-order valence-electron chi connectivity index (χ3n) is 2.69. The van der Waals surface area contributed by atoms with Crippen molar-refractivity contribution < 1.29 is 19.1 Å². The van der Waals surface area contributed by atoms with Gasteiger partial charge in [-0.25, -0.2) is 4.79 Å². The summed E-state index contributed by atoms with van der Waals surface area (Å²) in [6.45, 7) is 3.19. The Balaban J connectivity index is 2.73. The molecule has 0 aliphatic rings. The zero-order valence-corrected chi connectivity index (χ0v) is 11.6. The molecule has 0 aliphatic heterocycles. The van der Waals surface area contributed by atoms with E-state index in [-0.39, 0.29) is 12.3 Å². The largest absolute Gasteiger partial charge is 0.496 e. The van der Waals surface area contributed by atoms with Gasteiger partial charge in [-0.2, -0.15) is 0 Å². The normalized spacial score (nSPS) is 10.7. The smallest absolute Gasteiger partial charge is 0.330 e. The van der Waals surface area contributed by atoms with Crippen LogP contribution in [0.1, 0.15) is 19.4 Å². The molecule has 1 rings (SSSR count). The summed E-state index contributed by atoms with van der Waals surface area (Å²) in [6, 6.07) is 7.26. The van der Waals surface area contributed by atoms with Crippen LogP contribution in [-0.2, 0) is 20.7 Å². The molecule has 1 N–H and O–H groups in total. The topological polar surface area (TPSA) is 64.6 Å². The summed E-state index contributed by atoms with van der Waals surface area (Å²) in [6.07, 6.45) is 0.143. The number of nitrogens with one attached hydrogen (secondary N) is 1. The number of amides is 1. The van der Waals surface area contributed by atoms with Gasteiger partial charge in [0.05, 0.1) is 20.6 Å². The average molecular weight is 265 g/mol. The van der Waals surface area contributed by atoms with Gasteiger partial charge in [0.25, 0.3) is 0 Å². The summed E-state index contributed by atoms with van der Waals surface area (Å²) in [7, 11) is 2.84. The summed E-state index contributed by atoms with van der Waals surface area (Å²) in [5.41, 5.74) is -0.281. The van der Waals surface area contributed by atoms with Crippen LogP contribution in [0.25, 0.3) is 0 Å². The third kappa shape index (κ3) is 3.98. The molecule has 0 saturated heterocycles. The van der Waals surface area contributed by atoms with Crippen molar-refractivity contribution in [2.75, 3.05) is 14.2 Å². The van der Waals surface area contributed by atoms with Crippen LogP contribution in [0.4, 0.5) is 0 Å². The lowest BCUT2D eigenvalue weighted by atomic mass is 10.0. The first-order chi connectivity index (χ1) is 8.90. The number of rotatable bonds is 5. The Morgan fingerprint density at radius 2 is 1.84 bits per heavy atom. The van der Waals surface area contributed by atoms with Gasteiger partial charge in [0, 0.05) is 5.56 Å². The van der Waals surface area contributed by atoms with E-state index in [1.165, 1.54) is 7.11 Å². The second-order valence-corrected chi connectivity index (χ2v) is 4.65. The van der Waals surface area contributed by atoms with E-state index >= 15 is 0 Å². The molecule has 0 spiro atoms. The third-order valence-corrected chi connectivity index (χ3v) is 2.69. The number of benzene rings is 1. The molecule has 0 atom stereocenters. The predicted molar refractivity (Wildman–Crippen MR) is 70.9 cm³/mol. The van der Waals surface area contributed by atoms with E-state index in [0.29, 0.717) is 5.75 Å². The van der Waals surface area contributed by atoms with Gasteiger partial charge in [-0.1, -0.05) is 18.2 Å². The minimum absolute atomic E-state index is 0.143. The number of hydrogen-bond acceptors (Lipinski definition) is 4. The number of carbonyl (C=O) groups is 2. The van der Waals surface area contributed by atoms with Crippen LogP contribution in [0, 0.1) is 0 Å². The SMILES string of the molecule is COC(=O)C(C)(C)NC(=O)Cc1ccccc1OC. The first-order valence-electron chi connectivity index (χ1n) is 5.92. The number of para-hydroxylation sites is 1. The van der Waals surface area contributed by atoms with Gasteiger partial charge in [0.15, 0.2) is 0 Å². The molecule has 1 aromatic rings. The van der Waals surface area contributed by atoms with Crippen LogP contribution >= 0.6 is 0 Å². The lowest BCUT2D eigenvalue weighted by Crippen LogP contribution is -2.50. The highest BCUT2D eigenvalue weighted by Gasteiger charge is 2.30. The highest BCUT2D eigenvalue weighted by atomic mass is 16.5. The number of esters is 1. The molecule has 0 fully saturated rings. The van der Waals surface area contributed by atoms with E-state index < -0.39 is 11.5 Å². The molecule has 104 valence electrons. The Bertz CT molecular complexity index is 468. The Kier molecular flexibility index (Phi) is 4.92. The van der Waals surface area contributed by atoms with E-state index in [9.17, 15) is 9.59 Å². The van der Waals surface area contributed by atoms with Crippen molar-refractivity contribution in [3.8, 4) is 5.75 Å². The molecular formula is C14H19NO4. The van der Waals surface area contributed by atoms with Crippen LogP contribution in [0.5, 0.6) is 5.75 Å².